The van der Waals surface area contributed by atoms with Crippen molar-refractivity contribution in [3.05, 3.63) is 149 Å². The van der Waals surface area contributed by atoms with Crippen LogP contribution >= 0.6 is 0 Å². The van der Waals surface area contributed by atoms with Gasteiger partial charge in [0.25, 0.3) is 0 Å². The summed E-state index contributed by atoms with van der Waals surface area (Å²) >= 11 is 0. The fourth-order valence-corrected chi connectivity index (χ4v) is 14.7. The lowest BCUT2D eigenvalue weighted by Crippen LogP contribution is -2.36. The van der Waals surface area contributed by atoms with Gasteiger partial charge in [0.1, 0.15) is 96.4 Å². The number of carbonyl (C=O) groups is 1. The van der Waals surface area contributed by atoms with E-state index in [0.29, 0.717) is 126 Å². The van der Waals surface area contributed by atoms with Crippen LogP contribution in [0.2, 0.25) is 0 Å². The van der Waals surface area contributed by atoms with Crippen molar-refractivity contribution in [2.24, 2.45) is 0 Å². The molecule has 0 saturated carbocycles. The monoisotopic (exact) mass is 1430 g/mol. The molecule has 18 rings (SSSR count). The van der Waals surface area contributed by atoms with E-state index in [1.807, 2.05) is 6.08 Å². The van der Waals surface area contributed by atoms with Crippen LogP contribution in [0.4, 0.5) is 32.0 Å². The second-order valence-corrected chi connectivity index (χ2v) is 26.6. The highest BCUT2D eigenvalue weighted by Gasteiger charge is 2.51. The van der Waals surface area contributed by atoms with Crippen LogP contribution in [0.1, 0.15) is 30.4 Å². The third-order valence-corrected chi connectivity index (χ3v) is 19.9. The maximum Gasteiger partial charge on any atom is 0.248 e. The number of aromatic amines is 3. The van der Waals surface area contributed by atoms with Gasteiger partial charge in [-0.3, -0.25) is 4.79 Å². The Morgan fingerprint density at radius 2 is 0.893 bits per heavy atom. The minimum absolute atomic E-state index is 0.142. The molecule has 0 spiro atoms. The molecular formula is C73H70F6N8O16. The first kappa shape index (κ1) is 68.4. The Hall–Kier alpha value is -9.02. The van der Waals surface area contributed by atoms with Crippen molar-refractivity contribution >= 4 is 55.8 Å². The number of hydrogen-bond acceptors (Lipinski definition) is 20. The molecule has 7 fully saturated rings. The van der Waals surface area contributed by atoms with Crippen LogP contribution < -0.4 is 19.1 Å². The molecule has 9 aromatic rings. The molecule has 24 nitrogen and oxygen atoms in total. The van der Waals surface area contributed by atoms with Gasteiger partial charge in [-0.1, -0.05) is 12.2 Å². The summed E-state index contributed by atoms with van der Waals surface area (Å²) in [5.41, 5.74) is 6.28. The zero-order valence-electron chi connectivity index (χ0n) is 54.9. The number of pyridine rings is 3. The Morgan fingerprint density at radius 3 is 1.25 bits per heavy atom. The minimum Gasteiger partial charge on any atom is -0.470 e. The molecule has 1 amide bonds. The van der Waals surface area contributed by atoms with Gasteiger partial charge in [-0.05, 0) is 114 Å². The number of nitrogens with zero attached hydrogens (tertiary/aromatic N) is 5. The SMILES string of the molecule is O=C(CO)N1CC=C(c2cc(F)c(-c3ccc4[nH]c(O[C@@H]5CO[C@H]6[C@@H]5OC[C@H]6O)cc4n3)c(F)c2)CC1.O[C@@H]1CCN(c2cc(F)c(-c3ccc4[nH]c(O[C@@H]5CO[C@H]6[C@@H]5OC[C@H]6O)cc4n3)c(F)c2)C1.O[C@@H]1CO[C@H]2[C@@H]1OC[C@H]2Oc1cc2nc(-c3c(F)cc(C4=CCOCC4)cc3F)ccc2[nH]1. The normalized spacial score (nSPS) is 27.2. The maximum atomic E-state index is 15.2. The summed E-state index contributed by atoms with van der Waals surface area (Å²) in [5, 5.41) is 48.4. The molecule has 7 saturated heterocycles. The second-order valence-electron chi connectivity index (χ2n) is 26.6. The molecular weight excluding hydrogens is 1360 g/mol. The van der Waals surface area contributed by atoms with E-state index >= 15 is 8.78 Å². The van der Waals surface area contributed by atoms with E-state index in [-0.39, 0.29) is 110 Å². The number of β-amino-alcohol motifs (C(OH)–C–C–N with tert-alkyl or cyclic N) is 1. The first-order chi connectivity index (χ1) is 49.9. The van der Waals surface area contributed by atoms with E-state index in [9.17, 15) is 42.8 Å². The molecule has 540 valence electrons. The summed E-state index contributed by atoms with van der Waals surface area (Å²) in [7, 11) is 0. The lowest BCUT2D eigenvalue weighted by molar-refractivity contribution is -0.133. The number of anilines is 1. The molecule has 103 heavy (non-hydrogen) atoms. The number of carbonyl (C=O) groups excluding carboxylic acids is 1. The predicted octanol–water partition coefficient (Wildman–Crippen LogP) is 7.22. The standard InChI is InChI=1S/C26H25F2N3O6.C24H22F2N2O5.C23H23F2N3O5/c27-15-7-14(13-3-5-31(6-4-13)23(34)10-32)8-16(28)24(15)18-2-1-17-19(29-18)9-22(30-17)37-21-12-36-25-20(33)11-35-26(21)25;25-14-7-13(12-3-5-30-6-4-12)8-15(26)22(14)17-2-1-16-18(27-17)9-21(28-16)33-20-11-32-23-19(29)10-31-24(20)23;24-13-5-11(28-4-3-12(29)8-28)6-14(25)21(13)16-2-1-15-17(26-16)7-20(27-15)33-19-10-32-22-18(30)9-31-23(19)22/h1-3,7-9,20-21,25-26,30,32-33H,4-6,10-12H2;1-3,7-9,19-20,23-24,28-29H,4-6,10-11H2;1-2,5-7,12,18-19,22-23,27,29-30H,3-4,8-10H2/t20-,21-,25-,26-;19-,20-,23-,24-;12-,18-,19-,22-,23-/m111/s1. The fraction of sp³-hybridized carbons (Fsp3) is 0.397. The van der Waals surface area contributed by atoms with Gasteiger partial charge >= 0.3 is 0 Å². The van der Waals surface area contributed by atoms with Gasteiger partial charge in [-0.2, -0.15) is 0 Å². The maximum absolute atomic E-state index is 15.2. The first-order valence-corrected chi connectivity index (χ1v) is 33.9. The highest BCUT2D eigenvalue weighted by atomic mass is 19.2. The number of amides is 1. The minimum atomic E-state index is -0.741. The van der Waals surface area contributed by atoms with Gasteiger partial charge in [0.15, 0.2) is 36.0 Å². The molecule has 0 bridgehead atoms. The van der Waals surface area contributed by atoms with Gasteiger partial charge in [-0.15, -0.1) is 0 Å². The summed E-state index contributed by atoms with van der Waals surface area (Å²) in [5.74, 6) is -3.33. The van der Waals surface area contributed by atoms with Gasteiger partial charge in [0, 0.05) is 50.1 Å². The quantitative estimate of drug-likeness (QED) is 0.0528. The lowest BCUT2D eigenvalue weighted by Gasteiger charge is -2.26. The first-order valence-electron chi connectivity index (χ1n) is 33.9. The van der Waals surface area contributed by atoms with Crippen LogP contribution in [0.25, 0.3) is 78.0 Å². The number of aromatic nitrogens is 6. The number of halogens is 6. The number of benzene rings is 3. The highest BCUT2D eigenvalue weighted by molar-refractivity contribution is 5.84. The largest absolute Gasteiger partial charge is 0.470 e. The van der Waals surface area contributed by atoms with Crippen molar-refractivity contribution in [3.63, 3.8) is 0 Å². The number of H-pyrrole nitrogens is 3. The molecule has 3 aromatic carbocycles. The molecule has 0 unspecified atom stereocenters. The Morgan fingerprint density at radius 1 is 0.495 bits per heavy atom. The second kappa shape index (κ2) is 28.6. The Kier molecular flexibility index (Phi) is 19.0. The van der Waals surface area contributed by atoms with E-state index in [4.69, 9.17) is 52.5 Å². The van der Waals surface area contributed by atoms with E-state index in [2.05, 4.69) is 29.9 Å². The van der Waals surface area contributed by atoms with Crippen LogP contribution in [0.15, 0.2) is 103 Å². The number of aliphatic hydroxyl groups excluding tert-OH is 5. The molecule has 6 aromatic heterocycles. The number of aliphatic hydroxyl groups is 5. The fourth-order valence-electron chi connectivity index (χ4n) is 14.7. The van der Waals surface area contributed by atoms with Gasteiger partial charge < -0.3 is 97.7 Å². The Labute approximate surface area is 582 Å². The molecule has 9 aliphatic rings. The molecule has 0 radical (unpaired) electrons. The Bertz CT molecular complexity index is 4700. The molecule has 9 aliphatic heterocycles. The summed E-state index contributed by atoms with van der Waals surface area (Å²) in [6.45, 7) is 3.44. The van der Waals surface area contributed by atoms with Crippen molar-refractivity contribution in [1.82, 2.24) is 34.8 Å². The number of fused-ring (bicyclic) bond motifs is 6. The number of hydrogen-bond donors (Lipinski definition) is 8. The van der Waals surface area contributed by atoms with E-state index in [0.717, 1.165) is 11.1 Å². The zero-order chi connectivity index (χ0) is 70.9. The van der Waals surface area contributed by atoms with E-state index in [1.54, 1.807) is 59.5 Å². The van der Waals surface area contributed by atoms with Gasteiger partial charge in [0.05, 0.1) is 126 Å². The topological polar surface area (TPSA) is 303 Å². The van der Waals surface area contributed by atoms with E-state index < -0.39 is 90.3 Å². The highest BCUT2D eigenvalue weighted by Crippen LogP contribution is 2.39. The molecule has 15 heterocycles. The average molecular weight is 1430 g/mol. The molecule has 0 aliphatic carbocycles. The lowest BCUT2D eigenvalue weighted by atomic mass is 9.96. The molecule has 30 heteroatoms. The van der Waals surface area contributed by atoms with E-state index in [1.165, 1.54) is 47.4 Å². The van der Waals surface area contributed by atoms with Crippen LogP contribution in [-0.4, -0.2) is 231 Å². The van der Waals surface area contributed by atoms with Crippen molar-refractivity contribution < 1.29 is 104 Å². The summed E-state index contributed by atoms with van der Waals surface area (Å²) < 4.78 is 147. The third kappa shape index (κ3) is 13.7. The van der Waals surface area contributed by atoms with Gasteiger partial charge in [0.2, 0.25) is 5.91 Å². The third-order valence-electron chi connectivity index (χ3n) is 19.9. The van der Waals surface area contributed by atoms with Crippen LogP contribution in [0.3, 0.4) is 0 Å². The van der Waals surface area contributed by atoms with Gasteiger partial charge in [-0.25, -0.2) is 41.3 Å². The van der Waals surface area contributed by atoms with Crippen LogP contribution in [-0.2, 0) is 38.0 Å². The smallest absolute Gasteiger partial charge is 0.248 e. The van der Waals surface area contributed by atoms with Crippen molar-refractivity contribution in [2.75, 3.05) is 90.5 Å². The van der Waals surface area contributed by atoms with Crippen LogP contribution in [0.5, 0.6) is 17.6 Å². The Balaban J connectivity index is 0.000000120. The predicted molar refractivity (Wildman–Crippen MR) is 357 cm³/mol. The summed E-state index contributed by atoms with van der Waals surface area (Å²) in [6.07, 6.45) is -0.727. The zero-order valence-corrected chi connectivity index (χ0v) is 54.9. The van der Waals surface area contributed by atoms with Crippen molar-refractivity contribution in [2.45, 2.75) is 98.6 Å². The summed E-state index contributed by atoms with van der Waals surface area (Å²) in [4.78, 5) is 37.5. The van der Waals surface area contributed by atoms with Crippen molar-refractivity contribution in [1.29, 1.82) is 0 Å². The number of rotatable bonds is 13. The number of ether oxygens (including phenoxy) is 10. The van der Waals surface area contributed by atoms with Crippen molar-refractivity contribution in [3.8, 4) is 51.4 Å². The van der Waals surface area contributed by atoms with Crippen LogP contribution in [0, 0.1) is 34.9 Å². The number of nitrogens with one attached hydrogen (secondary N) is 3. The molecule has 13 atom stereocenters. The average Bonchev–Trinajstić information content (AvgIpc) is 1.78. The molecule has 8 N–H and O–H groups in total. The summed E-state index contributed by atoms with van der Waals surface area (Å²) in [6, 6.07) is 22.5.